The van der Waals surface area contributed by atoms with Gasteiger partial charge in [0.15, 0.2) is 4.80 Å². The van der Waals surface area contributed by atoms with Gasteiger partial charge in [-0.25, -0.2) is 4.99 Å². The van der Waals surface area contributed by atoms with Crippen molar-refractivity contribution in [1.29, 1.82) is 0 Å². The predicted octanol–water partition coefficient (Wildman–Crippen LogP) is 5.88. The molecule has 0 saturated carbocycles. The van der Waals surface area contributed by atoms with E-state index in [1.54, 1.807) is 61.5 Å². The number of anilines is 1. The molecule has 1 amide bonds. The fourth-order valence-electron chi connectivity index (χ4n) is 5.35. The first-order valence-corrected chi connectivity index (χ1v) is 15.8. The summed E-state index contributed by atoms with van der Waals surface area (Å²) in [7, 11) is 0. The second-order valence-electron chi connectivity index (χ2n) is 10.7. The molecular weight excluding hydrogens is 650 g/mol. The molecule has 1 aromatic heterocycles. The Morgan fingerprint density at radius 3 is 2.41 bits per heavy atom. The zero-order valence-corrected chi connectivity index (χ0v) is 26.9. The molecule has 0 fully saturated rings. The second-order valence-corrected chi connectivity index (χ2v) is 11.8. The highest BCUT2D eigenvalue weighted by Crippen LogP contribution is 2.35. The van der Waals surface area contributed by atoms with Crippen molar-refractivity contribution in [3.05, 3.63) is 159 Å². The molecule has 5 aromatic rings. The number of nitrogens with one attached hydrogen (secondary N) is 1. The Morgan fingerprint density at radius 2 is 1.71 bits per heavy atom. The zero-order chi connectivity index (χ0) is 34.7. The van der Waals surface area contributed by atoms with Crippen molar-refractivity contribution in [1.82, 2.24) is 4.57 Å². The van der Waals surface area contributed by atoms with E-state index in [0.29, 0.717) is 49.8 Å². The third kappa shape index (κ3) is 6.84. The molecule has 0 bridgehead atoms. The largest absolute Gasteiger partial charge is 0.494 e. The number of hydrogen-bond acceptors (Lipinski definition) is 10. The number of non-ortho nitro benzene ring substituents is 1. The summed E-state index contributed by atoms with van der Waals surface area (Å²) in [6.07, 6.45) is 1.64. The van der Waals surface area contributed by atoms with E-state index in [-0.39, 0.29) is 17.1 Å². The average molecular weight is 678 g/mol. The van der Waals surface area contributed by atoms with Crippen molar-refractivity contribution in [2.45, 2.75) is 19.9 Å². The van der Waals surface area contributed by atoms with Gasteiger partial charge in [-0.15, -0.1) is 0 Å². The Morgan fingerprint density at radius 1 is 0.959 bits per heavy atom. The normalized spacial score (nSPS) is 14.1. The number of nitrogens with zero attached hydrogens (tertiary/aromatic N) is 4. The van der Waals surface area contributed by atoms with Crippen LogP contribution in [0, 0.1) is 20.2 Å². The molecule has 6 rings (SSSR count). The summed E-state index contributed by atoms with van der Waals surface area (Å²) in [5.41, 5.74) is 1.21. The smallest absolute Gasteiger partial charge is 0.318 e. The van der Waals surface area contributed by atoms with Gasteiger partial charge in [0.2, 0.25) is 5.75 Å². The summed E-state index contributed by atoms with van der Waals surface area (Å²) in [4.78, 5) is 54.2. The number of allylic oxidation sites excluding steroid dienone is 1. The van der Waals surface area contributed by atoms with Crippen LogP contribution in [0.3, 0.4) is 0 Å². The van der Waals surface area contributed by atoms with Crippen LogP contribution in [0.25, 0.3) is 6.08 Å². The molecule has 2 heterocycles. The minimum Gasteiger partial charge on any atom is -0.494 e. The molecule has 49 heavy (non-hydrogen) atoms. The molecular formula is C35H27N5O8S. The first-order chi connectivity index (χ1) is 23.6. The van der Waals surface area contributed by atoms with E-state index in [1.165, 1.54) is 4.57 Å². The lowest BCUT2D eigenvalue weighted by molar-refractivity contribution is -0.394. The number of hydrogen-bond donors (Lipinski definition) is 1. The standard InChI is InChI=1S/C35H27N5O8S/c1-3-47-26-15-12-23(13-16-26)32-31(33(41)37-24-9-5-4-6-10-24)21(2)36-35-38(32)34(42)30(49-35)19-22-8-7-11-27(18-22)48-29-17-14-25(39(43)44)20-28(29)40(45)46/h4-20,32H,3H2,1-2H3,(H,37,41)/b30-19+/t32-/m1/s1. The van der Waals surface area contributed by atoms with Gasteiger partial charge in [0.1, 0.15) is 11.5 Å². The Balaban J connectivity index is 1.40. The van der Waals surface area contributed by atoms with Crippen molar-refractivity contribution >= 4 is 40.4 Å². The van der Waals surface area contributed by atoms with Gasteiger partial charge in [0.05, 0.1) is 44.4 Å². The molecule has 1 aliphatic heterocycles. The van der Waals surface area contributed by atoms with Crippen LogP contribution in [-0.2, 0) is 4.79 Å². The fourth-order valence-corrected chi connectivity index (χ4v) is 6.40. The van der Waals surface area contributed by atoms with Gasteiger partial charge < -0.3 is 14.8 Å². The third-order valence-corrected chi connectivity index (χ3v) is 8.52. The lowest BCUT2D eigenvalue weighted by Crippen LogP contribution is -2.40. The predicted molar refractivity (Wildman–Crippen MR) is 183 cm³/mol. The summed E-state index contributed by atoms with van der Waals surface area (Å²) in [6, 6.07) is 25.0. The van der Waals surface area contributed by atoms with Crippen molar-refractivity contribution in [3.63, 3.8) is 0 Å². The maximum Gasteiger partial charge on any atom is 0.318 e. The van der Waals surface area contributed by atoms with Gasteiger partial charge in [-0.1, -0.05) is 53.8 Å². The highest BCUT2D eigenvalue weighted by atomic mass is 32.1. The van der Waals surface area contributed by atoms with Crippen LogP contribution in [0.2, 0.25) is 0 Å². The summed E-state index contributed by atoms with van der Waals surface area (Å²) >= 11 is 1.15. The van der Waals surface area contributed by atoms with Crippen LogP contribution in [0.4, 0.5) is 17.1 Å². The fraction of sp³-hybridized carbons (Fsp3) is 0.114. The molecule has 1 atom stereocenters. The lowest BCUT2D eigenvalue weighted by Gasteiger charge is -2.25. The maximum atomic E-state index is 14.1. The highest BCUT2D eigenvalue weighted by molar-refractivity contribution is 7.07. The number of ether oxygens (including phenoxy) is 2. The van der Waals surface area contributed by atoms with Crippen LogP contribution in [-0.4, -0.2) is 26.9 Å². The first kappa shape index (κ1) is 32.5. The molecule has 246 valence electrons. The van der Waals surface area contributed by atoms with Crippen LogP contribution < -0.4 is 29.7 Å². The first-order valence-electron chi connectivity index (χ1n) is 15.0. The second kappa shape index (κ2) is 13.8. The van der Waals surface area contributed by atoms with Crippen LogP contribution in [0.15, 0.2) is 118 Å². The van der Waals surface area contributed by atoms with E-state index < -0.39 is 33.2 Å². The number of benzene rings is 4. The summed E-state index contributed by atoms with van der Waals surface area (Å²) in [5.74, 6) is 0.280. The van der Waals surface area contributed by atoms with E-state index in [0.717, 1.165) is 29.5 Å². The number of nitro groups is 2. The summed E-state index contributed by atoms with van der Waals surface area (Å²) in [6.45, 7) is 4.09. The van der Waals surface area contributed by atoms with E-state index in [1.807, 2.05) is 37.3 Å². The Hall–Kier alpha value is -6.41. The number of amides is 1. The number of carbonyl (C=O) groups is 1. The van der Waals surface area contributed by atoms with Gasteiger partial charge in [0, 0.05) is 11.8 Å². The molecule has 1 N–H and O–H groups in total. The molecule has 0 aliphatic carbocycles. The molecule has 1 aliphatic rings. The Bertz CT molecular complexity index is 2310. The van der Waals surface area contributed by atoms with Gasteiger partial charge in [-0.3, -0.25) is 34.4 Å². The van der Waals surface area contributed by atoms with E-state index in [2.05, 4.69) is 10.3 Å². The molecule has 0 spiro atoms. The zero-order valence-electron chi connectivity index (χ0n) is 26.1. The molecule has 0 saturated heterocycles. The van der Waals surface area contributed by atoms with Crippen LogP contribution >= 0.6 is 11.3 Å². The molecule has 0 unspecified atom stereocenters. The van der Waals surface area contributed by atoms with Crippen molar-refractivity contribution in [2.24, 2.45) is 4.99 Å². The average Bonchev–Trinajstić information content (AvgIpc) is 3.38. The Kier molecular flexibility index (Phi) is 9.13. The monoisotopic (exact) mass is 677 g/mol. The molecule has 14 heteroatoms. The van der Waals surface area contributed by atoms with Gasteiger partial charge in [0.25, 0.3) is 17.2 Å². The van der Waals surface area contributed by atoms with Crippen molar-refractivity contribution in [2.75, 3.05) is 11.9 Å². The van der Waals surface area contributed by atoms with Gasteiger partial charge in [-0.05, 0) is 73.5 Å². The lowest BCUT2D eigenvalue weighted by atomic mass is 9.95. The molecule has 13 nitrogen and oxygen atoms in total. The highest BCUT2D eigenvalue weighted by Gasteiger charge is 2.32. The maximum absolute atomic E-state index is 14.1. The number of para-hydroxylation sites is 1. The number of fused-ring (bicyclic) bond motifs is 1. The van der Waals surface area contributed by atoms with Crippen LogP contribution in [0.1, 0.15) is 31.0 Å². The number of aromatic nitrogens is 1. The minimum absolute atomic E-state index is 0.181. The summed E-state index contributed by atoms with van der Waals surface area (Å²) < 4.78 is 13.2. The number of rotatable bonds is 10. The topological polar surface area (TPSA) is 168 Å². The number of nitro benzene ring substituents is 2. The van der Waals surface area contributed by atoms with E-state index in [9.17, 15) is 29.8 Å². The quantitative estimate of drug-likeness (QED) is 0.141. The number of thiazole rings is 1. The SMILES string of the molecule is CCOc1ccc([C@@H]2C(C(=O)Nc3ccccc3)=C(C)N=c3s/c(=C/c4cccc(Oc5ccc([N+](=O)[O-])cc5[N+](=O)[O-])c4)c(=O)n32)cc1. The third-order valence-electron chi connectivity index (χ3n) is 7.54. The van der Waals surface area contributed by atoms with Crippen molar-refractivity contribution in [3.8, 4) is 17.2 Å². The molecule has 0 radical (unpaired) electrons. The summed E-state index contributed by atoms with van der Waals surface area (Å²) in [5, 5.41) is 25.7. The minimum atomic E-state index is -0.796. The van der Waals surface area contributed by atoms with Crippen LogP contribution in [0.5, 0.6) is 17.2 Å². The van der Waals surface area contributed by atoms with E-state index >= 15 is 0 Å². The van der Waals surface area contributed by atoms with E-state index in [4.69, 9.17) is 9.47 Å². The van der Waals surface area contributed by atoms with Gasteiger partial charge in [-0.2, -0.15) is 0 Å². The number of carbonyl (C=O) groups excluding carboxylic acids is 1. The Labute approximate surface area is 282 Å². The van der Waals surface area contributed by atoms with Gasteiger partial charge >= 0.3 is 5.69 Å². The van der Waals surface area contributed by atoms with Crippen molar-refractivity contribution < 1.29 is 24.1 Å². The molecule has 4 aromatic carbocycles.